The Labute approximate surface area is 69.2 Å². The summed E-state index contributed by atoms with van der Waals surface area (Å²) in [6.07, 6.45) is 3.05. The van der Waals surface area contributed by atoms with Gasteiger partial charge in [-0.2, -0.15) is 5.10 Å². The fourth-order valence-electron chi connectivity index (χ4n) is 0.768. The number of nitrogens with zero attached hydrogens (tertiary/aromatic N) is 2. The standard InChI is InChI=1S/C7H12N2.C2H6/c1-3-7-5-6-9(4-2)8-7;1-2/h5-6H,3-4H2,1-2H3;1-2H3. The van der Waals surface area contributed by atoms with Crippen molar-refractivity contribution in [2.24, 2.45) is 0 Å². The lowest BCUT2D eigenvalue weighted by molar-refractivity contribution is 0.648. The third-order valence-electron chi connectivity index (χ3n) is 1.38. The van der Waals surface area contributed by atoms with Gasteiger partial charge in [0.05, 0.1) is 5.69 Å². The molecule has 2 nitrogen and oxygen atoms in total. The van der Waals surface area contributed by atoms with Crippen LogP contribution in [0.3, 0.4) is 0 Å². The van der Waals surface area contributed by atoms with Crippen molar-refractivity contribution >= 4 is 0 Å². The summed E-state index contributed by atoms with van der Waals surface area (Å²) in [4.78, 5) is 0. The van der Waals surface area contributed by atoms with E-state index >= 15 is 0 Å². The van der Waals surface area contributed by atoms with Gasteiger partial charge in [-0.1, -0.05) is 20.8 Å². The van der Waals surface area contributed by atoms with Crippen LogP contribution in [0.4, 0.5) is 0 Å². The predicted octanol–water partition coefficient (Wildman–Crippen LogP) is 2.49. The summed E-state index contributed by atoms with van der Waals surface area (Å²) in [6, 6.07) is 2.06. The summed E-state index contributed by atoms with van der Waals surface area (Å²) in [5, 5.41) is 4.26. The van der Waals surface area contributed by atoms with Crippen molar-refractivity contribution < 1.29 is 0 Å². The van der Waals surface area contributed by atoms with Crippen LogP contribution in [-0.4, -0.2) is 9.78 Å². The molecular formula is C9H18N2. The molecule has 1 aromatic heterocycles. The maximum atomic E-state index is 4.26. The molecule has 0 aromatic carbocycles. The number of hydrogen-bond acceptors (Lipinski definition) is 1. The first-order valence-electron chi connectivity index (χ1n) is 4.39. The first-order valence-corrected chi connectivity index (χ1v) is 4.39. The van der Waals surface area contributed by atoms with Gasteiger partial charge in [0.15, 0.2) is 0 Å². The Balaban J connectivity index is 0.000000461. The molecule has 0 atom stereocenters. The Hall–Kier alpha value is -0.790. The quantitative estimate of drug-likeness (QED) is 0.640. The first kappa shape index (κ1) is 10.2. The summed E-state index contributed by atoms with van der Waals surface area (Å²) in [5.74, 6) is 0. The number of rotatable bonds is 2. The van der Waals surface area contributed by atoms with E-state index in [0.29, 0.717) is 0 Å². The minimum absolute atomic E-state index is 0.972. The van der Waals surface area contributed by atoms with Crippen LogP contribution in [0.15, 0.2) is 12.3 Å². The molecule has 1 heterocycles. The summed E-state index contributed by atoms with van der Waals surface area (Å²) in [6.45, 7) is 9.18. The highest BCUT2D eigenvalue weighted by Gasteiger charge is 1.91. The lowest BCUT2D eigenvalue weighted by atomic mass is 10.4. The van der Waals surface area contributed by atoms with Gasteiger partial charge in [0.2, 0.25) is 0 Å². The second-order valence-corrected chi connectivity index (χ2v) is 2.02. The molecule has 0 aliphatic rings. The second kappa shape index (κ2) is 5.96. The van der Waals surface area contributed by atoms with Crippen LogP contribution in [-0.2, 0) is 13.0 Å². The molecule has 0 N–H and O–H groups in total. The van der Waals surface area contributed by atoms with Crippen LogP contribution in [0.25, 0.3) is 0 Å². The highest BCUT2D eigenvalue weighted by atomic mass is 15.3. The molecule has 64 valence electrons. The number of aryl methyl sites for hydroxylation is 2. The molecule has 0 radical (unpaired) electrons. The first-order chi connectivity index (χ1) is 5.36. The zero-order valence-corrected chi connectivity index (χ0v) is 7.96. The average Bonchev–Trinajstić information content (AvgIpc) is 2.55. The Morgan fingerprint density at radius 1 is 1.36 bits per heavy atom. The third kappa shape index (κ3) is 3.21. The zero-order chi connectivity index (χ0) is 8.69. The van der Waals surface area contributed by atoms with Gasteiger partial charge in [0.1, 0.15) is 0 Å². The van der Waals surface area contributed by atoms with Crippen LogP contribution in [0, 0.1) is 0 Å². The zero-order valence-electron chi connectivity index (χ0n) is 7.96. The van der Waals surface area contributed by atoms with Gasteiger partial charge >= 0.3 is 0 Å². The third-order valence-corrected chi connectivity index (χ3v) is 1.38. The SMILES string of the molecule is CC.CCc1ccn(CC)n1. The monoisotopic (exact) mass is 154 g/mol. The molecule has 0 saturated heterocycles. The van der Waals surface area contributed by atoms with Crippen LogP contribution in [0.2, 0.25) is 0 Å². The van der Waals surface area contributed by atoms with Crippen molar-refractivity contribution in [2.45, 2.75) is 40.7 Å². The Kier molecular flexibility index (Phi) is 5.53. The van der Waals surface area contributed by atoms with Crippen LogP contribution in [0.5, 0.6) is 0 Å². The van der Waals surface area contributed by atoms with Gasteiger partial charge in [-0.25, -0.2) is 0 Å². The van der Waals surface area contributed by atoms with Crippen LogP contribution >= 0.6 is 0 Å². The van der Waals surface area contributed by atoms with E-state index in [1.54, 1.807) is 0 Å². The molecule has 0 saturated carbocycles. The second-order valence-electron chi connectivity index (χ2n) is 2.02. The molecule has 1 rings (SSSR count). The van der Waals surface area contributed by atoms with E-state index in [1.165, 1.54) is 5.69 Å². The van der Waals surface area contributed by atoms with Gasteiger partial charge in [-0.05, 0) is 19.4 Å². The fraction of sp³-hybridized carbons (Fsp3) is 0.667. The lowest BCUT2D eigenvalue weighted by Crippen LogP contribution is -1.94. The van der Waals surface area contributed by atoms with Crippen molar-refractivity contribution in [1.29, 1.82) is 0 Å². The smallest absolute Gasteiger partial charge is 0.0621 e. The van der Waals surface area contributed by atoms with E-state index in [9.17, 15) is 0 Å². The van der Waals surface area contributed by atoms with Crippen LogP contribution < -0.4 is 0 Å². The van der Waals surface area contributed by atoms with Crippen molar-refractivity contribution in [2.75, 3.05) is 0 Å². The lowest BCUT2D eigenvalue weighted by Gasteiger charge is -1.90. The summed E-state index contributed by atoms with van der Waals surface area (Å²) in [5.41, 5.74) is 1.18. The topological polar surface area (TPSA) is 17.8 Å². The number of aromatic nitrogens is 2. The molecule has 0 aliphatic heterocycles. The largest absolute Gasteiger partial charge is 0.273 e. The molecule has 0 fully saturated rings. The maximum Gasteiger partial charge on any atom is 0.0621 e. The molecule has 0 aliphatic carbocycles. The molecule has 0 unspecified atom stereocenters. The van der Waals surface area contributed by atoms with E-state index in [-0.39, 0.29) is 0 Å². The summed E-state index contributed by atoms with van der Waals surface area (Å²) >= 11 is 0. The highest BCUT2D eigenvalue weighted by molar-refractivity contribution is 4.97. The Morgan fingerprint density at radius 3 is 2.27 bits per heavy atom. The molecule has 11 heavy (non-hydrogen) atoms. The Morgan fingerprint density at radius 2 is 2.00 bits per heavy atom. The van der Waals surface area contributed by atoms with E-state index in [2.05, 4.69) is 25.0 Å². The highest BCUT2D eigenvalue weighted by Crippen LogP contribution is 1.94. The minimum Gasteiger partial charge on any atom is -0.273 e. The Bertz CT molecular complexity index is 161. The van der Waals surface area contributed by atoms with Crippen LogP contribution in [0.1, 0.15) is 33.4 Å². The minimum atomic E-state index is 0.972. The molecular weight excluding hydrogens is 136 g/mol. The molecule has 2 heteroatoms. The molecule has 0 spiro atoms. The van der Waals surface area contributed by atoms with Gasteiger partial charge in [-0.3, -0.25) is 4.68 Å². The van der Waals surface area contributed by atoms with E-state index < -0.39 is 0 Å². The normalized spacial score (nSPS) is 8.73. The average molecular weight is 154 g/mol. The van der Waals surface area contributed by atoms with Crippen molar-refractivity contribution in [3.05, 3.63) is 18.0 Å². The van der Waals surface area contributed by atoms with E-state index in [4.69, 9.17) is 0 Å². The van der Waals surface area contributed by atoms with E-state index in [0.717, 1.165) is 13.0 Å². The summed E-state index contributed by atoms with van der Waals surface area (Å²) < 4.78 is 1.94. The summed E-state index contributed by atoms with van der Waals surface area (Å²) in [7, 11) is 0. The maximum absolute atomic E-state index is 4.26. The predicted molar refractivity (Wildman–Crippen MR) is 48.6 cm³/mol. The van der Waals surface area contributed by atoms with Gasteiger partial charge in [0, 0.05) is 12.7 Å². The van der Waals surface area contributed by atoms with Gasteiger partial charge < -0.3 is 0 Å². The van der Waals surface area contributed by atoms with Crippen molar-refractivity contribution in [3.8, 4) is 0 Å². The fourth-order valence-corrected chi connectivity index (χ4v) is 0.768. The molecule has 0 amide bonds. The van der Waals surface area contributed by atoms with E-state index in [1.807, 2.05) is 24.7 Å². The van der Waals surface area contributed by atoms with Crippen molar-refractivity contribution in [3.63, 3.8) is 0 Å². The molecule has 1 aromatic rings. The number of hydrogen-bond donors (Lipinski definition) is 0. The van der Waals surface area contributed by atoms with Gasteiger partial charge in [0.25, 0.3) is 0 Å². The molecule has 0 bridgehead atoms. The van der Waals surface area contributed by atoms with Gasteiger partial charge in [-0.15, -0.1) is 0 Å². The van der Waals surface area contributed by atoms with Crippen molar-refractivity contribution in [1.82, 2.24) is 9.78 Å².